The summed E-state index contributed by atoms with van der Waals surface area (Å²) in [5, 5.41) is 6.90. The van der Waals surface area contributed by atoms with Gasteiger partial charge in [-0.15, -0.1) is 0 Å². The van der Waals surface area contributed by atoms with Crippen LogP contribution < -0.4 is 10.6 Å². The van der Waals surface area contributed by atoms with Crippen molar-refractivity contribution in [3.8, 4) is 0 Å². The van der Waals surface area contributed by atoms with Crippen molar-refractivity contribution in [3.63, 3.8) is 0 Å². The fraction of sp³-hybridized carbons (Fsp3) is 0.278. The number of benzene rings is 2. The summed E-state index contributed by atoms with van der Waals surface area (Å²) >= 11 is 5.98. The van der Waals surface area contributed by atoms with E-state index in [0.29, 0.717) is 18.0 Å². The van der Waals surface area contributed by atoms with Crippen molar-refractivity contribution in [2.45, 2.75) is 27.2 Å². The standard InChI is InChI=1S/C18H21ClN2O/c1-12-5-4-6-16(14(12)3)21-18(22)9-10-20-17-11-15(19)8-7-13(17)2/h4-8,11,20H,9-10H2,1-3H3,(H,21,22). The molecule has 2 aromatic carbocycles. The Morgan fingerprint density at radius 1 is 1.05 bits per heavy atom. The van der Waals surface area contributed by atoms with Gasteiger partial charge in [-0.3, -0.25) is 4.79 Å². The number of hydrogen-bond donors (Lipinski definition) is 2. The first-order valence-corrected chi connectivity index (χ1v) is 7.71. The molecule has 0 heterocycles. The number of anilines is 2. The predicted octanol–water partition coefficient (Wildman–Crippen LogP) is 4.71. The van der Waals surface area contributed by atoms with Crippen molar-refractivity contribution in [3.05, 3.63) is 58.1 Å². The highest BCUT2D eigenvalue weighted by atomic mass is 35.5. The molecule has 22 heavy (non-hydrogen) atoms. The SMILES string of the molecule is Cc1ccc(Cl)cc1NCCC(=O)Nc1cccc(C)c1C. The highest BCUT2D eigenvalue weighted by Gasteiger charge is 2.06. The second kappa shape index (κ2) is 7.32. The molecule has 116 valence electrons. The Balaban J connectivity index is 1.88. The van der Waals surface area contributed by atoms with Crippen molar-refractivity contribution >= 4 is 28.9 Å². The largest absolute Gasteiger partial charge is 0.384 e. The first-order valence-electron chi connectivity index (χ1n) is 7.33. The minimum absolute atomic E-state index is 0.000816. The second-order valence-electron chi connectivity index (χ2n) is 5.43. The summed E-state index contributed by atoms with van der Waals surface area (Å²) in [5.74, 6) is 0.000816. The van der Waals surface area contributed by atoms with Crippen molar-refractivity contribution < 1.29 is 4.79 Å². The van der Waals surface area contributed by atoms with Crippen LogP contribution >= 0.6 is 11.6 Å². The van der Waals surface area contributed by atoms with Crippen molar-refractivity contribution in [2.24, 2.45) is 0 Å². The fourth-order valence-corrected chi connectivity index (χ4v) is 2.37. The van der Waals surface area contributed by atoms with E-state index in [1.165, 1.54) is 5.56 Å². The second-order valence-corrected chi connectivity index (χ2v) is 5.87. The highest BCUT2D eigenvalue weighted by molar-refractivity contribution is 6.30. The first-order chi connectivity index (χ1) is 10.5. The molecule has 0 aliphatic rings. The lowest BCUT2D eigenvalue weighted by molar-refractivity contribution is -0.115. The molecule has 1 amide bonds. The van der Waals surface area contributed by atoms with Crippen LogP contribution in [0.2, 0.25) is 5.02 Å². The molecule has 0 saturated heterocycles. The minimum Gasteiger partial charge on any atom is -0.384 e. The van der Waals surface area contributed by atoms with E-state index in [2.05, 4.69) is 10.6 Å². The van der Waals surface area contributed by atoms with Crippen LogP contribution in [0.25, 0.3) is 0 Å². The molecule has 0 saturated carbocycles. The molecule has 2 aromatic rings. The first kappa shape index (κ1) is 16.4. The average molecular weight is 317 g/mol. The Hall–Kier alpha value is -2.00. The van der Waals surface area contributed by atoms with E-state index in [-0.39, 0.29) is 5.91 Å². The smallest absolute Gasteiger partial charge is 0.226 e. The summed E-state index contributed by atoms with van der Waals surface area (Å²) in [4.78, 5) is 12.0. The van der Waals surface area contributed by atoms with E-state index in [1.54, 1.807) is 0 Å². The fourth-order valence-electron chi connectivity index (χ4n) is 2.19. The van der Waals surface area contributed by atoms with Crippen LogP contribution in [0.4, 0.5) is 11.4 Å². The summed E-state index contributed by atoms with van der Waals surface area (Å²) in [6.45, 7) is 6.62. The van der Waals surface area contributed by atoms with Crippen LogP contribution in [0.1, 0.15) is 23.1 Å². The predicted molar refractivity (Wildman–Crippen MR) is 93.8 cm³/mol. The Morgan fingerprint density at radius 3 is 2.59 bits per heavy atom. The zero-order valence-corrected chi connectivity index (χ0v) is 13.9. The molecule has 3 nitrogen and oxygen atoms in total. The van der Waals surface area contributed by atoms with Gasteiger partial charge in [0, 0.05) is 29.4 Å². The Morgan fingerprint density at radius 2 is 1.82 bits per heavy atom. The highest BCUT2D eigenvalue weighted by Crippen LogP contribution is 2.20. The van der Waals surface area contributed by atoms with E-state index in [1.807, 2.05) is 57.2 Å². The third-order valence-corrected chi connectivity index (χ3v) is 3.98. The molecule has 0 atom stereocenters. The number of aryl methyl sites for hydroxylation is 2. The molecule has 0 bridgehead atoms. The number of rotatable bonds is 5. The summed E-state index contributed by atoms with van der Waals surface area (Å²) in [6, 6.07) is 11.6. The van der Waals surface area contributed by atoms with E-state index >= 15 is 0 Å². The van der Waals surface area contributed by atoms with Crippen molar-refractivity contribution in [2.75, 3.05) is 17.2 Å². The number of hydrogen-bond acceptors (Lipinski definition) is 2. The molecule has 0 aliphatic heterocycles. The number of halogens is 1. The van der Waals surface area contributed by atoms with Crippen LogP contribution in [-0.4, -0.2) is 12.5 Å². The van der Waals surface area contributed by atoms with Gasteiger partial charge in [-0.05, 0) is 55.7 Å². The Bertz CT molecular complexity index is 683. The van der Waals surface area contributed by atoms with Gasteiger partial charge in [-0.2, -0.15) is 0 Å². The molecule has 0 spiro atoms. The number of amides is 1. The summed E-state index contributed by atoms with van der Waals surface area (Å²) in [5.41, 5.74) is 5.23. The maximum atomic E-state index is 12.0. The van der Waals surface area contributed by atoms with Crippen LogP contribution in [0.3, 0.4) is 0 Å². The van der Waals surface area contributed by atoms with E-state index in [0.717, 1.165) is 22.5 Å². The third kappa shape index (κ3) is 4.25. The molecular formula is C18H21ClN2O. The van der Waals surface area contributed by atoms with Gasteiger partial charge >= 0.3 is 0 Å². The van der Waals surface area contributed by atoms with Crippen LogP contribution in [0.15, 0.2) is 36.4 Å². The Labute approximate surface area is 136 Å². The van der Waals surface area contributed by atoms with E-state index < -0.39 is 0 Å². The van der Waals surface area contributed by atoms with Crippen LogP contribution in [-0.2, 0) is 4.79 Å². The normalized spacial score (nSPS) is 10.4. The van der Waals surface area contributed by atoms with Gasteiger partial charge in [0.2, 0.25) is 5.91 Å². The lowest BCUT2D eigenvalue weighted by Gasteiger charge is -2.12. The number of nitrogens with one attached hydrogen (secondary N) is 2. The van der Waals surface area contributed by atoms with Crippen LogP contribution in [0, 0.1) is 20.8 Å². The molecule has 0 unspecified atom stereocenters. The lowest BCUT2D eigenvalue weighted by atomic mass is 10.1. The van der Waals surface area contributed by atoms with Crippen molar-refractivity contribution in [1.29, 1.82) is 0 Å². The maximum Gasteiger partial charge on any atom is 0.226 e. The molecule has 2 rings (SSSR count). The van der Waals surface area contributed by atoms with Gasteiger partial charge < -0.3 is 10.6 Å². The molecular weight excluding hydrogens is 296 g/mol. The number of carbonyl (C=O) groups excluding carboxylic acids is 1. The molecule has 2 N–H and O–H groups in total. The zero-order chi connectivity index (χ0) is 16.1. The monoisotopic (exact) mass is 316 g/mol. The minimum atomic E-state index is 0.000816. The zero-order valence-electron chi connectivity index (χ0n) is 13.2. The van der Waals surface area contributed by atoms with E-state index in [4.69, 9.17) is 11.6 Å². The molecule has 0 aromatic heterocycles. The molecule has 4 heteroatoms. The van der Waals surface area contributed by atoms with Gasteiger partial charge in [0.1, 0.15) is 0 Å². The summed E-state index contributed by atoms with van der Waals surface area (Å²) < 4.78 is 0. The molecule has 0 fully saturated rings. The summed E-state index contributed by atoms with van der Waals surface area (Å²) in [7, 11) is 0. The third-order valence-electron chi connectivity index (χ3n) is 3.75. The van der Waals surface area contributed by atoms with Gasteiger partial charge in [-0.1, -0.05) is 29.8 Å². The molecule has 0 radical (unpaired) electrons. The summed E-state index contributed by atoms with van der Waals surface area (Å²) in [6.07, 6.45) is 0.402. The quantitative estimate of drug-likeness (QED) is 0.839. The maximum absolute atomic E-state index is 12.0. The topological polar surface area (TPSA) is 41.1 Å². The van der Waals surface area contributed by atoms with Gasteiger partial charge in [-0.25, -0.2) is 0 Å². The van der Waals surface area contributed by atoms with Crippen LogP contribution in [0.5, 0.6) is 0 Å². The number of carbonyl (C=O) groups is 1. The average Bonchev–Trinajstić information content (AvgIpc) is 2.47. The molecule has 0 aliphatic carbocycles. The van der Waals surface area contributed by atoms with Gasteiger partial charge in [0.05, 0.1) is 0 Å². The van der Waals surface area contributed by atoms with E-state index in [9.17, 15) is 4.79 Å². The lowest BCUT2D eigenvalue weighted by Crippen LogP contribution is -2.17. The van der Waals surface area contributed by atoms with Crippen molar-refractivity contribution in [1.82, 2.24) is 0 Å². The Kier molecular flexibility index (Phi) is 5.45. The van der Waals surface area contributed by atoms with Gasteiger partial charge in [0.15, 0.2) is 0 Å². The van der Waals surface area contributed by atoms with Gasteiger partial charge in [0.25, 0.3) is 0 Å².